The fraction of sp³-hybridized carbons (Fsp3) is 0.417. The summed E-state index contributed by atoms with van der Waals surface area (Å²) in [7, 11) is 1.65. The smallest absolute Gasteiger partial charge is 0.219 e. The maximum absolute atomic E-state index is 11.0. The molecule has 0 heterocycles. The second-order valence-electron chi connectivity index (χ2n) is 3.66. The van der Waals surface area contributed by atoms with E-state index in [1.807, 2.05) is 25.1 Å². The van der Waals surface area contributed by atoms with Crippen LogP contribution in [0.15, 0.2) is 18.2 Å². The van der Waals surface area contributed by atoms with Crippen molar-refractivity contribution in [2.45, 2.75) is 19.8 Å². The Labute approximate surface area is 101 Å². The summed E-state index contributed by atoms with van der Waals surface area (Å²) in [5.41, 5.74) is 2.19. The first kappa shape index (κ1) is 12.8. The lowest BCUT2D eigenvalue weighted by Crippen LogP contribution is -2.18. The molecule has 0 bridgehead atoms. The van der Waals surface area contributed by atoms with Gasteiger partial charge in [-0.15, -0.1) is 0 Å². The van der Waals surface area contributed by atoms with Crippen molar-refractivity contribution in [3.8, 4) is 0 Å². The van der Waals surface area contributed by atoms with Crippen molar-refractivity contribution in [1.82, 2.24) is 5.32 Å². The van der Waals surface area contributed by atoms with Gasteiger partial charge >= 0.3 is 0 Å². The first-order valence-corrected chi connectivity index (χ1v) is 5.72. The van der Waals surface area contributed by atoms with Gasteiger partial charge in [-0.05, 0) is 31.0 Å². The molecule has 0 spiro atoms. The highest BCUT2D eigenvalue weighted by Crippen LogP contribution is 2.19. The largest absolute Gasteiger partial charge is 0.385 e. The molecular formula is C12H17ClN2O. The number of nitrogens with one attached hydrogen (secondary N) is 2. The fourth-order valence-corrected chi connectivity index (χ4v) is 1.55. The lowest BCUT2D eigenvalue weighted by Gasteiger charge is -2.09. The zero-order valence-corrected chi connectivity index (χ0v) is 10.4. The van der Waals surface area contributed by atoms with Gasteiger partial charge in [-0.2, -0.15) is 0 Å². The molecule has 0 fully saturated rings. The quantitative estimate of drug-likeness (QED) is 0.777. The van der Waals surface area contributed by atoms with Crippen molar-refractivity contribution < 1.29 is 4.79 Å². The van der Waals surface area contributed by atoms with E-state index >= 15 is 0 Å². The second kappa shape index (κ2) is 6.38. The van der Waals surface area contributed by atoms with Crippen molar-refractivity contribution in [3.05, 3.63) is 28.8 Å². The molecule has 3 nitrogen and oxygen atoms in total. The number of hydrogen-bond acceptors (Lipinski definition) is 2. The van der Waals surface area contributed by atoms with Crippen LogP contribution in [0.5, 0.6) is 0 Å². The third kappa shape index (κ3) is 4.11. The Bertz CT molecular complexity index is 366. The number of hydrogen-bond donors (Lipinski definition) is 2. The molecule has 0 aliphatic rings. The van der Waals surface area contributed by atoms with Gasteiger partial charge in [0.1, 0.15) is 0 Å². The van der Waals surface area contributed by atoms with Gasteiger partial charge in [-0.1, -0.05) is 17.7 Å². The van der Waals surface area contributed by atoms with Gasteiger partial charge in [0.15, 0.2) is 0 Å². The Morgan fingerprint density at radius 2 is 2.19 bits per heavy atom. The highest BCUT2D eigenvalue weighted by molar-refractivity contribution is 6.30. The van der Waals surface area contributed by atoms with Crippen molar-refractivity contribution >= 4 is 23.2 Å². The number of carbonyl (C=O) groups excluding carboxylic acids is 1. The second-order valence-corrected chi connectivity index (χ2v) is 4.10. The first-order chi connectivity index (χ1) is 7.63. The van der Waals surface area contributed by atoms with E-state index in [1.54, 1.807) is 7.05 Å². The Hall–Kier alpha value is -1.22. The molecule has 0 atom stereocenters. The van der Waals surface area contributed by atoms with Crippen molar-refractivity contribution in [2.24, 2.45) is 0 Å². The van der Waals surface area contributed by atoms with Gasteiger partial charge < -0.3 is 10.6 Å². The van der Waals surface area contributed by atoms with Gasteiger partial charge in [-0.3, -0.25) is 4.79 Å². The predicted octanol–water partition coefficient (Wildman–Crippen LogP) is 2.59. The van der Waals surface area contributed by atoms with Gasteiger partial charge in [-0.25, -0.2) is 0 Å². The zero-order chi connectivity index (χ0) is 12.0. The third-order valence-corrected chi connectivity index (χ3v) is 2.61. The SMILES string of the molecule is CNC(=O)CCCNc1cc(Cl)ccc1C. The molecule has 0 aromatic heterocycles. The molecule has 0 saturated carbocycles. The number of rotatable bonds is 5. The molecule has 0 radical (unpaired) electrons. The summed E-state index contributed by atoms with van der Waals surface area (Å²) >= 11 is 5.90. The summed E-state index contributed by atoms with van der Waals surface area (Å²) < 4.78 is 0. The summed E-state index contributed by atoms with van der Waals surface area (Å²) in [5.74, 6) is 0.0737. The van der Waals surface area contributed by atoms with Gasteiger partial charge in [0.2, 0.25) is 5.91 Å². The normalized spacial score (nSPS) is 9.94. The fourth-order valence-electron chi connectivity index (χ4n) is 1.38. The number of aryl methyl sites for hydroxylation is 1. The van der Waals surface area contributed by atoms with Crippen molar-refractivity contribution in [3.63, 3.8) is 0 Å². The highest BCUT2D eigenvalue weighted by atomic mass is 35.5. The van der Waals surface area contributed by atoms with Crippen LogP contribution in [0, 0.1) is 6.92 Å². The number of amides is 1. The predicted molar refractivity (Wildman–Crippen MR) is 68.0 cm³/mol. The average Bonchev–Trinajstić information content (AvgIpc) is 2.28. The number of carbonyl (C=O) groups is 1. The minimum atomic E-state index is 0.0737. The lowest BCUT2D eigenvalue weighted by molar-refractivity contribution is -0.120. The summed E-state index contributed by atoms with van der Waals surface area (Å²) in [6.07, 6.45) is 1.36. The van der Waals surface area contributed by atoms with Crippen LogP contribution in [0.25, 0.3) is 0 Å². The summed E-state index contributed by atoms with van der Waals surface area (Å²) in [4.78, 5) is 11.0. The van der Waals surface area contributed by atoms with E-state index in [0.717, 1.165) is 29.2 Å². The molecule has 4 heteroatoms. The van der Waals surface area contributed by atoms with Gasteiger partial charge in [0, 0.05) is 30.7 Å². The zero-order valence-electron chi connectivity index (χ0n) is 9.64. The van der Waals surface area contributed by atoms with E-state index < -0.39 is 0 Å². The Morgan fingerprint density at radius 1 is 1.44 bits per heavy atom. The van der Waals surface area contributed by atoms with Crippen LogP contribution in [0.3, 0.4) is 0 Å². The van der Waals surface area contributed by atoms with E-state index in [9.17, 15) is 4.79 Å². The molecule has 16 heavy (non-hydrogen) atoms. The van der Waals surface area contributed by atoms with Crippen LogP contribution in [0.4, 0.5) is 5.69 Å². The number of benzene rings is 1. The highest BCUT2D eigenvalue weighted by Gasteiger charge is 2.00. The molecule has 2 N–H and O–H groups in total. The Kier molecular flexibility index (Phi) is 5.12. The summed E-state index contributed by atoms with van der Waals surface area (Å²) in [5, 5.41) is 6.59. The topological polar surface area (TPSA) is 41.1 Å². The number of halogens is 1. The Balaban J connectivity index is 2.37. The van der Waals surface area contributed by atoms with Gasteiger partial charge in [0.05, 0.1) is 0 Å². The van der Waals surface area contributed by atoms with E-state index in [-0.39, 0.29) is 5.91 Å². The van der Waals surface area contributed by atoms with E-state index in [2.05, 4.69) is 10.6 Å². The molecule has 0 saturated heterocycles. The Morgan fingerprint density at radius 3 is 2.88 bits per heavy atom. The van der Waals surface area contributed by atoms with Crippen molar-refractivity contribution in [1.29, 1.82) is 0 Å². The molecule has 1 aromatic carbocycles. The molecule has 88 valence electrons. The summed E-state index contributed by atoms with van der Waals surface area (Å²) in [6.45, 7) is 2.80. The molecule has 0 unspecified atom stereocenters. The van der Waals surface area contributed by atoms with Crippen LogP contribution >= 0.6 is 11.6 Å². The maximum atomic E-state index is 11.0. The van der Waals surface area contributed by atoms with Gasteiger partial charge in [0.25, 0.3) is 0 Å². The van der Waals surface area contributed by atoms with Crippen LogP contribution < -0.4 is 10.6 Å². The van der Waals surface area contributed by atoms with Crippen molar-refractivity contribution in [2.75, 3.05) is 18.9 Å². The molecule has 0 aliphatic heterocycles. The minimum absolute atomic E-state index is 0.0737. The maximum Gasteiger partial charge on any atom is 0.219 e. The van der Waals surface area contributed by atoms with Crippen LogP contribution in [-0.2, 0) is 4.79 Å². The van der Waals surface area contributed by atoms with Crippen LogP contribution in [0.2, 0.25) is 5.02 Å². The molecular weight excluding hydrogens is 224 g/mol. The molecule has 0 aliphatic carbocycles. The summed E-state index contributed by atoms with van der Waals surface area (Å²) in [6, 6.07) is 5.74. The monoisotopic (exact) mass is 240 g/mol. The molecule has 1 rings (SSSR count). The van der Waals surface area contributed by atoms with Crippen LogP contribution in [0.1, 0.15) is 18.4 Å². The first-order valence-electron chi connectivity index (χ1n) is 5.34. The number of anilines is 1. The van der Waals surface area contributed by atoms with E-state index in [0.29, 0.717) is 6.42 Å². The average molecular weight is 241 g/mol. The standard InChI is InChI=1S/C12H17ClN2O/c1-9-5-6-10(13)8-11(9)15-7-3-4-12(16)14-2/h5-6,8,15H,3-4,7H2,1-2H3,(H,14,16). The van der Waals surface area contributed by atoms with E-state index in [1.165, 1.54) is 0 Å². The lowest BCUT2D eigenvalue weighted by atomic mass is 10.2. The third-order valence-electron chi connectivity index (χ3n) is 2.37. The van der Waals surface area contributed by atoms with E-state index in [4.69, 9.17) is 11.6 Å². The minimum Gasteiger partial charge on any atom is -0.385 e. The van der Waals surface area contributed by atoms with Crippen LogP contribution in [-0.4, -0.2) is 19.5 Å². The molecule has 1 aromatic rings. The molecule has 1 amide bonds.